The summed E-state index contributed by atoms with van der Waals surface area (Å²) in [5, 5.41) is 5.15. The number of pyridine rings is 1. The van der Waals surface area contributed by atoms with Gasteiger partial charge in [-0.1, -0.05) is 56.3 Å². The van der Waals surface area contributed by atoms with E-state index in [0.717, 1.165) is 32.6 Å². The SMILES string of the molecule is Cc1cc(SCC(=O)NN=Cc2ccc(C(C)C)cc2)c2cccc(C)c2n1. The Hall–Kier alpha value is -2.66. The van der Waals surface area contributed by atoms with Gasteiger partial charge in [-0.25, -0.2) is 5.43 Å². The van der Waals surface area contributed by atoms with Crippen LogP contribution < -0.4 is 5.43 Å². The van der Waals surface area contributed by atoms with E-state index in [2.05, 4.69) is 54.5 Å². The fourth-order valence-electron chi connectivity index (χ4n) is 2.92. The molecule has 1 heterocycles. The van der Waals surface area contributed by atoms with Crippen molar-refractivity contribution < 1.29 is 4.79 Å². The molecule has 0 unspecified atom stereocenters. The summed E-state index contributed by atoms with van der Waals surface area (Å²) in [5.74, 6) is 0.672. The number of carbonyl (C=O) groups excluding carboxylic acids is 1. The van der Waals surface area contributed by atoms with Crippen molar-refractivity contribution in [2.75, 3.05) is 5.75 Å². The summed E-state index contributed by atoms with van der Waals surface area (Å²) in [7, 11) is 0. The minimum atomic E-state index is -0.129. The van der Waals surface area contributed by atoms with Crippen LogP contribution in [0.15, 0.2) is 58.5 Å². The number of rotatable bonds is 6. The molecule has 0 aliphatic carbocycles. The summed E-state index contributed by atoms with van der Waals surface area (Å²) in [4.78, 5) is 17.9. The van der Waals surface area contributed by atoms with Gasteiger partial charge >= 0.3 is 0 Å². The van der Waals surface area contributed by atoms with Gasteiger partial charge in [-0.05, 0) is 42.5 Å². The average molecular weight is 392 g/mol. The van der Waals surface area contributed by atoms with Crippen LogP contribution in [0.4, 0.5) is 0 Å². The smallest absolute Gasteiger partial charge is 0.250 e. The van der Waals surface area contributed by atoms with Gasteiger partial charge in [0.25, 0.3) is 0 Å². The largest absolute Gasteiger partial charge is 0.272 e. The highest BCUT2D eigenvalue weighted by Crippen LogP contribution is 2.29. The number of aromatic nitrogens is 1. The van der Waals surface area contributed by atoms with E-state index in [1.807, 2.05) is 37.3 Å². The lowest BCUT2D eigenvalue weighted by Crippen LogP contribution is -2.19. The van der Waals surface area contributed by atoms with E-state index in [4.69, 9.17) is 0 Å². The molecule has 1 N–H and O–H groups in total. The molecule has 28 heavy (non-hydrogen) atoms. The van der Waals surface area contributed by atoms with Crippen LogP contribution in [-0.4, -0.2) is 22.9 Å². The van der Waals surface area contributed by atoms with Crippen molar-refractivity contribution in [1.29, 1.82) is 0 Å². The maximum absolute atomic E-state index is 12.2. The van der Waals surface area contributed by atoms with E-state index in [1.54, 1.807) is 6.21 Å². The highest BCUT2D eigenvalue weighted by molar-refractivity contribution is 8.00. The van der Waals surface area contributed by atoms with Crippen LogP contribution in [0.2, 0.25) is 0 Å². The van der Waals surface area contributed by atoms with Crippen molar-refractivity contribution in [3.05, 3.63) is 70.9 Å². The Labute approximate surface area is 170 Å². The molecule has 2 aromatic carbocycles. The van der Waals surface area contributed by atoms with Gasteiger partial charge in [-0.2, -0.15) is 5.10 Å². The maximum Gasteiger partial charge on any atom is 0.250 e. The van der Waals surface area contributed by atoms with E-state index in [-0.39, 0.29) is 5.91 Å². The third-order valence-corrected chi connectivity index (χ3v) is 5.55. The Morgan fingerprint density at radius 1 is 1.18 bits per heavy atom. The lowest BCUT2D eigenvalue weighted by molar-refractivity contribution is -0.118. The molecule has 3 aromatic rings. The van der Waals surface area contributed by atoms with Crippen LogP contribution in [0.3, 0.4) is 0 Å². The van der Waals surface area contributed by atoms with Gasteiger partial charge in [0.2, 0.25) is 5.91 Å². The van der Waals surface area contributed by atoms with Gasteiger partial charge in [0, 0.05) is 16.0 Å². The van der Waals surface area contributed by atoms with Gasteiger partial charge in [-0.15, -0.1) is 11.8 Å². The van der Waals surface area contributed by atoms with Gasteiger partial charge in [0.1, 0.15) is 0 Å². The number of amides is 1. The van der Waals surface area contributed by atoms with Crippen molar-refractivity contribution in [3.63, 3.8) is 0 Å². The van der Waals surface area contributed by atoms with E-state index in [9.17, 15) is 4.79 Å². The quantitative estimate of drug-likeness (QED) is 0.356. The normalized spacial score (nSPS) is 11.5. The monoisotopic (exact) mass is 391 g/mol. The van der Waals surface area contributed by atoms with Crippen LogP contribution in [0, 0.1) is 13.8 Å². The molecule has 144 valence electrons. The molecule has 1 aromatic heterocycles. The molecule has 0 aliphatic rings. The first-order chi connectivity index (χ1) is 13.4. The number of hydrazone groups is 1. The number of fused-ring (bicyclic) bond motifs is 1. The zero-order chi connectivity index (χ0) is 20.1. The summed E-state index contributed by atoms with van der Waals surface area (Å²) in [6.45, 7) is 8.36. The van der Waals surface area contributed by atoms with Crippen molar-refractivity contribution in [2.24, 2.45) is 5.10 Å². The molecule has 1 amide bonds. The number of carbonyl (C=O) groups is 1. The molecule has 3 rings (SSSR count). The molecule has 0 saturated heterocycles. The molecule has 0 atom stereocenters. The zero-order valence-electron chi connectivity index (χ0n) is 16.7. The van der Waals surface area contributed by atoms with Crippen LogP contribution in [0.5, 0.6) is 0 Å². The standard InChI is InChI=1S/C23H25N3OS/c1-15(2)19-10-8-18(9-11-19)13-24-26-22(27)14-28-21-12-17(4)25-23-16(3)6-5-7-20(21)23/h5-13,15H,14H2,1-4H3,(H,26,27). The molecule has 0 spiro atoms. The first kappa shape index (κ1) is 20.1. The van der Waals surface area contributed by atoms with Gasteiger partial charge in [-0.3, -0.25) is 9.78 Å². The second kappa shape index (κ2) is 9.02. The summed E-state index contributed by atoms with van der Waals surface area (Å²) < 4.78 is 0. The maximum atomic E-state index is 12.2. The van der Waals surface area contributed by atoms with Crippen molar-refractivity contribution in [3.8, 4) is 0 Å². The van der Waals surface area contributed by atoms with Gasteiger partial charge < -0.3 is 0 Å². The summed E-state index contributed by atoms with van der Waals surface area (Å²) in [6, 6.07) is 16.3. The van der Waals surface area contributed by atoms with Crippen LogP contribution >= 0.6 is 11.8 Å². The lowest BCUT2D eigenvalue weighted by Gasteiger charge is -2.09. The second-order valence-electron chi connectivity index (χ2n) is 7.14. The predicted octanol–water partition coefficient (Wildman–Crippen LogP) is 5.22. The third-order valence-electron chi connectivity index (χ3n) is 4.50. The zero-order valence-corrected chi connectivity index (χ0v) is 17.5. The molecular weight excluding hydrogens is 366 g/mol. The minimum Gasteiger partial charge on any atom is -0.272 e. The number of nitrogens with zero attached hydrogens (tertiary/aromatic N) is 2. The van der Waals surface area contributed by atoms with Crippen molar-refractivity contribution >= 4 is 34.8 Å². The average Bonchev–Trinajstić information content (AvgIpc) is 2.67. The number of hydrogen-bond acceptors (Lipinski definition) is 4. The van der Waals surface area contributed by atoms with Crippen molar-refractivity contribution in [1.82, 2.24) is 10.4 Å². The van der Waals surface area contributed by atoms with E-state index < -0.39 is 0 Å². The van der Waals surface area contributed by atoms with Crippen LogP contribution in [-0.2, 0) is 4.79 Å². The fraction of sp³-hybridized carbons (Fsp3) is 0.261. The Kier molecular flexibility index (Phi) is 6.47. The molecular formula is C23H25N3OS. The Morgan fingerprint density at radius 2 is 1.93 bits per heavy atom. The number of para-hydroxylation sites is 1. The highest BCUT2D eigenvalue weighted by Gasteiger charge is 2.09. The first-order valence-corrected chi connectivity index (χ1v) is 10.3. The topological polar surface area (TPSA) is 54.4 Å². The first-order valence-electron chi connectivity index (χ1n) is 9.35. The molecule has 5 heteroatoms. The molecule has 0 aliphatic heterocycles. The Morgan fingerprint density at radius 3 is 2.64 bits per heavy atom. The summed E-state index contributed by atoms with van der Waals surface area (Å²) >= 11 is 1.51. The molecule has 0 radical (unpaired) electrons. The van der Waals surface area contributed by atoms with Gasteiger partial charge in [0.15, 0.2) is 0 Å². The lowest BCUT2D eigenvalue weighted by atomic mass is 10.0. The molecule has 4 nitrogen and oxygen atoms in total. The fourth-order valence-corrected chi connectivity index (χ4v) is 3.85. The molecule has 0 saturated carbocycles. The second-order valence-corrected chi connectivity index (χ2v) is 8.15. The van der Waals surface area contributed by atoms with Gasteiger partial charge in [0.05, 0.1) is 17.5 Å². The van der Waals surface area contributed by atoms with E-state index in [1.165, 1.54) is 17.3 Å². The number of nitrogens with one attached hydrogen (secondary N) is 1. The summed E-state index contributed by atoms with van der Waals surface area (Å²) in [6.07, 6.45) is 1.67. The van der Waals surface area contributed by atoms with E-state index in [0.29, 0.717) is 11.7 Å². The minimum absolute atomic E-state index is 0.129. The van der Waals surface area contributed by atoms with Crippen LogP contribution in [0.1, 0.15) is 42.1 Å². The Bertz CT molecular complexity index is 1010. The molecule has 0 fully saturated rings. The van der Waals surface area contributed by atoms with Crippen molar-refractivity contribution in [2.45, 2.75) is 38.5 Å². The third kappa shape index (κ3) is 4.98. The number of benzene rings is 2. The Balaban J connectivity index is 1.60. The number of aryl methyl sites for hydroxylation is 2. The predicted molar refractivity (Wildman–Crippen MR) is 118 cm³/mol. The number of hydrogen-bond donors (Lipinski definition) is 1. The number of thioether (sulfide) groups is 1. The van der Waals surface area contributed by atoms with E-state index >= 15 is 0 Å². The molecule has 0 bridgehead atoms. The highest BCUT2D eigenvalue weighted by atomic mass is 32.2. The summed E-state index contributed by atoms with van der Waals surface area (Å²) in [5.41, 5.74) is 7.94. The van der Waals surface area contributed by atoms with Crippen LogP contribution in [0.25, 0.3) is 10.9 Å².